The summed E-state index contributed by atoms with van der Waals surface area (Å²) in [5.41, 5.74) is 6.90. The number of aromatic amines is 1. The van der Waals surface area contributed by atoms with Gasteiger partial charge in [0.05, 0.1) is 6.04 Å². The number of nitrogens with one attached hydrogen (secondary N) is 1. The van der Waals surface area contributed by atoms with Crippen LogP contribution in [0.4, 0.5) is 0 Å². The Morgan fingerprint density at radius 1 is 1.40 bits per heavy atom. The first-order valence-electron chi connectivity index (χ1n) is 4.60. The predicted octanol–water partition coefficient (Wildman–Crippen LogP) is 0.605. The van der Waals surface area contributed by atoms with Crippen molar-refractivity contribution >= 4 is 0 Å². The molecular formula is C10H11N3O2. The van der Waals surface area contributed by atoms with Crippen LogP contribution in [0.5, 0.6) is 0 Å². The van der Waals surface area contributed by atoms with E-state index in [-0.39, 0.29) is 5.89 Å². The van der Waals surface area contributed by atoms with Gasteiger partial charge in [0.2, 0.25) is 5.89 Å². The maximum absolute atomic E-state index is 10.7. The van der Waals surface area contributed by atoms with Gasteiger partial charge in [-0.05, 0) is 12.0 Å². The highest BCUT2D eigenvalue weighted by Gasteiger charge is 2.12. The Hall–Kier alpha value is -1.88. The lowest BCUT2D eigenvalue weighted by Crippen LogP contribution is -2.13. The van der Waals surface area contributed by atoms with E-state index >= 15 is 0 Å². The monoisotopic (exact) mass is 205 g/mol. The van der Waals surface area contributed by atoms with Crippen LogP contribution in [0.15, 0.2) is 39.5 Å². The Labute approximate surface area is 85.9 Å². The molecular weight excluding hydrogens is 194 g/mol. The minimum atomic E-state index is -0.575. The molecule has 1 atom stereocenters. The third kappa shape index (κ3) is 2.32. The third-order valence-electron chi connectivity index (χ3n) is 2.07. The van der Waals surface area contributed by atoms with Gasteiger partial charge in [-0.3, -0.25) is 0 Å². The summed E-state index contributed by atoms with van der Waals surface area (Å²) in [6.45, 7) is 0. The molecule has 5 nitrogen and oxygen atoms in total. The molecule has 1 aromatic carbocycles. The number of rotatable bonds is 3. The summed E-state index contributed by atoms with van der Waals surface area (Å²) in [6.07, 6.45) is 0.592. The molecule has 2 rings (SSSR count). The van der Waals surface area contributed by atoms with Gasteiger partial charge in [-0.1, -0.05) is 30.3 Å². The van der Waals surface area contributed by atoms with E-state index in [0.717, 1.165) is 5.56 Å². The average molecular weight is 205 g/mol. The van der Waals surface area contributed by atoms with E-state index < -0.39 is 11.8 Å². The van der Waals surface area contributed by atoms with Gasteiger partial charge in [0.25, 0.3) is 0 Å². The maximum Gasteiger partial charge on any atom is 0.434 e. The number of H-pyrrole nitrogens is 1. The van der Waals surface area contributed by atoms with Crippen molar-refractivity contribution in [1.29, 1.82) is 0 Å². The quantitative estimate of drug-likeness (QED) is 0.768. The summed E-state index contributed by atoms with van der Waals surface area (Å²) in [7, 11) is 0. The van der Waals surface area contributed by atoms with Crippen LogP contribution in [-0.2, 0) is 6.42 Å². The molecule has 0 saturated carbocycles. The molecule has 5 heteroatoms. The van der Waals surface area contributed by atoms with Crippen molar-refractivity contribution in [2.75, 3.05) is 0 Å². The topological polar surface area (TPSA) is 84.9 Å². The van der Waals surface area contributed by atoms with Gasteiger partial charge in [-0.2, -0.15) is 0 Å². The first-order chi connectivity index (χ1) is 7.25. The first kappa shape index (κ1) is 9.67. The summed E-state index contributed by atoms with van der Waals surface area (Å²) in [5.74, 6) is -0.336. The lowest BCUT2D eigenvalue weighted by Gasteiger charge is -2.05. The summed E-state index contributed by atoms with van der Waals surface area (Å²) in [4.78, 5) is 10.7. The van der Waals surface area contributed by atoms with Gasteiger partial charge in [-0.25, -0.2) is 9.89 Å². The number of hydrogen-bond donors (Lipinski definition) is 2. The minimum absolute atomic E-state index is 0.240. The lowest BCUT2D eigenvalue weighted by molar-refractivity contribution is 0.424. The van der Waals surface area contributed by atoms with Crippen molar-refractivity contribution < 1.29 is 4.42 Å². The van der Waals surface area contributed by atoms with E-state index in [2.05, 4.69) is 10.2 Å². The molecule has 0 spiro atoms. The highest BCUT2D eigenvalue weighted by Crippen LogP contribution is 2.11. The van der Waals surface area contributed by atoms with Crippen LogP contribution in [0.25, 0.3) is 0 Å². The van der Waals surface area contributed by atoms with Crippen LogP contribution in [0.2, 0.25) is 0 Å². The smallest absolute Gasteiger partial charge is 0.391 e. The van der Waals surface area contributed by atoms with Crippen molar-refractivity contribution in [2.45, 2.75) is 12.5 Å². The Morgan fingerprint density at radius 2 is 2.13 bits per heavy atom. The van der Waals surface area contributed by atoms with Crippen molar-refractivity contribution in [1.82, 2.24) is 10.2 Å². The van der Waals surface area contributed by atoms with Gasteiger partial charge in [-0.15, -0.1) is 5.10 Å². The van der Waals surface area contributed by atoms with Crippen LogP contribution in [0.3, 0.4) is 0 Å². The summed E-state index contributed by atoms with van der Waals surface area (Å²) < 4.78 is 4.77. The molecule has 1 aromatic heterocycles. The molecule has 0 bridgehead atoms. The van der Waals surface area contributed by atoms with Crippen LogP contribution >= 0.6 is 0 Å². The molecule has 0 saturated heterocycles. The molecule has 15 heavy (non-hydrogen) atoms. The van der Waals surface area contributed by atoms with Crippen LogP contribution < -0.4 is 11.5 Å². The van der Waals surface area contributed by atoms with Gasteiger partial charge in [0.15, 0.2) is 0 Å². The van der Waals surface area contributed by atoms with E-state index in [1.54, 1.807) is 0 Å². The second-order valence-corrected chi connectivity index (χ2v) is 3.25. The zero-order chi connectivity index (χ0) is 10.7. The fourth-order valence-corrected chi connectivity index (χ4v) is 1.36. The van der Waals surface area contributed by atoms with Gasteiger partial charge in [0, 0.05) is 0 Å². The normalized spacial score (nSPS) is 12.6. The van der Waals surface area contributed by atoms with Crippen LogP contribution in [0.1, 0.15) is 17.5 Å². The molecule has 3 N–H and O–H groups in total. The van der Waals surface area contributed by atoms with Crippen molar-refractivity contribution in [2.24, 2.45) is 5.73 Å². The third-order valence-corrected chi connectivity index (χ3v) is 2.07. The molecule has 0 aliphatic carbocycles. The number of aromatic nitrogens is 2. The molecule has 0 aliphatic heterocycles. The molecule has 0 aliphatic rings. The fraction of sp³-hybridized carbons (Fsp3) is 0.200. The van der Waals surface area contributed by atoms with E-state index in [0.29, 0.717) is 6.42 Å². The molecule has 2 aromatic rings. The lowest BCUT2D eigenvalue weighted by atomic mass is 10.1. The largest absolute Gasteiger partial charge is 0.434 e. The van der Waals surface area contributed by atoms with Gasteiger partial charge >= 0.3 is 5.76 Å². The number of nitrogens with two attached hydrogens (primary N) is 1. The SMILES string of the molecule is N[C@@H](Cc1ccccc1)c1n[nH]c(=O)o1. The summed E-state index contributed by atoms with van der Waals surface area (Å²) in [5, 5.41) is 5.87. The highest BCUT2D eigenvalue weighted by molar-refractivity contribution is 5.16. The van der Waals surface area contributed by atoms with E-state index in [9.17, 15) is 4.79 Å². The summed E-state index contributed by atoms with van der Waals surface area (Å²) in [6, 6.07) is 9.33. The second-order valence-electron chi connectivity index (χ2n) is 3.25. The van der Waals surface area contributed by atoms with E-state index in [1.807, 2.05) is 30.3 Å². The Kier molecular flexibility index (Phi) is 2.64. The summed E-state index contributed by atoms with van der Waals surface area (Å²) >= 11 is 0. The van der Waals surface area contributed by atoms with Gasteiger partial charge in [0.1, 0.15) is 0 Å². The second kappa shape index (κ2) is 4.10. The van der Waals surface area contributed by atoms with Crippen LogP contribution in [0, 0.1) is 0 Å². The zero-order valence-electron chi connectivity index (χ0n) is 8.01. The number of hydrogen-bond acceptors (Lipinski definition) is 4. The minimum Gasteiger partial charge on any atom is -0.391 e. The molecule has 1 heterocycles. The van der Waals surface area contributed by atoms with Crippen LogP contribution in [-0.4, -0.2) is 10.2 Å². The van der Waals surface area contributed by atoms with Crippen molar-refractivity contribution in [3.63, 3.8) is 0 Å². The molecule has 0 radical (unpaired) electrons. The van der Waals surface area contributed by atoms with E-state index in [4.69, 9.17) is 10.2 Å². The van der Waals surface area contributed by atoms with Crippen molar-refractivity contribution in [3.8, 4) is 0 Å². The highest BCUT2D eigenvalue weighted by atomic mass is 16.4. The standard InChI is InChI=1S/C10H11N3O2/c11-8(9-12-13-10(14)15-9)6-7-4-2-1-3-5-7/h1-5,8H,6,11H2,(H,13,14)/t8-/m0/s1. The Morgan fingerprint density at radius 3 is 2.73 bits per heavy atom. The Balaban J connectivity index is 2.10. The number of benzene rings is 1. The zero-order valence-corrected chi connectivity index (χ0v) is 8.01. The van der Waals surface area contributed by atoms with Crippen molar-refractivity contribution in [3.05, 3.63) is 52.3 Å². The molecule has 0 fully saturated rings. The molecule has 0 unspecified atom stereocenters. The molecule has 78 valence electrons. The number of nitrogens with zero attached hydrogens (tertiary/aromatic N) is 1. The fourth-order valence-electron chi connectivity index (χ4n) is 1.36. The van der Waals surface area contributed by atoms with E-state index in [1.165, 1.54) is 0 Å². The first-order valence-corrected chi connectivity index (χ1v) is 4.60. The average Bonchev–Trinajstić information content (AvgIpc) is 2.66. The van der Waals surface area contributed by atoms with Gasteiger partial charge < -0.3 is 10.2 Å². The molecule has 0 amide bonds. The maximum atomic E-state index is 10.7. The Bertz CT molecular complexity index is 475. The predicted molar refractivity (Wildman–Crippen MR) is 54.2 cm³/mol.